The molecule has 0 fully saturated rings. The number of hydrogen-bond acceptors (Lipinski definition) is 1. The Morgan fingerprint density at radius 2 is 0.731 bits per heavy atom. The van der Waals surface area contributed by atoms with Crippen LogP contribution in [0.1, 0.15) is 33.4 Å². The van der Waals surface area contributed by atoms with Gasteiger partial charge in [0.15, 0.2) is 0 Å². The summed E-state index contributed by atoms with van der Waals surface area (Å²) in [4.78, 5) is 6.07. The van der Waals surface area contributed by atoms with Crippen LogP contribution in [0.4, 0.5) is 17.1 Å². The largest absolute Gasteiger partial charge is 0.355 e. The zero-order chi connectivity index (χ0) is 51.9. The number of nitrogens with one attached hydrogen (secondary N) is 1. The first-order valence-electron chi connectivity index (χ1n) is 27.1. The molecule has 2 aromatic heterocycles. The highest BCUT2D eigenvalue weighted by atomic mass is 15.1. The molecule has 0 amide bonds. The van der Waals surface area contributed by atoms with E-state index in [1.54, 1.807) is 0 Å². The predicted octanol–water partition coefficient (Wildman–Crippen LogP) is 19.9. The third-order valence-electron chi connectivity index (χ3n) is 16.5. The van der Waals surface area contributed by atoms with Crippen LogP contribution < -0.4 is 4.90 Å². The molecule has 368 valence electrons. The Hall–Kier alpha value is -9.96. The van der Waals surface area contributed by atoms with E-state index in [2.05, 4.69) is 307 Å². The summed E-state index contributed by atoms with van der Waals surface area (Å²) in [5, 5.41) is 4.99. The Morgan fingerprint density at radius 1 is 0.321 bits per heavy atom. The highest BCUT2D eigenvalue weighted by molar-refractivity contribution is 6.12. The Balaban J connectivity index is 0.919. The lowest BCUT2D eigenvalue weighted by molar-refractivity contribution is 0.767. The number of aryl methyl sites for hydroxylation is 2. The van der Waals surface area contributed by atoms with Gasteiger partial charge in [-0.25, -0.2) is 0 Å². The first-order valence-corrected chi connectivity index (χ1v) is 27.1. The van der Waals surface area contributed by atoms with E-state index in [-0.39, 0.29) is 0 Å². The van der Waals surface area contributed by atoms with Gasteiger partial charge in [0.25, 0.3) is 0 Å². The number of benzene rings is 12. The smallest absolute Gasteiger partial charge is 0.0715 e. The molecule has 78 heavy (non-hydrogen) atoms. The monoisotopic (exact) mass is 995 g/mol. The van der Waals surface area contributed by atoms with Gasteiger partial charge in [-0.3, -0.25) is 0 Å². The van der Waals surface area contributed by atoms with Crippen molar-refractivity contribution in [3.8, 4) is 50.2 Å². The predicted molar refractivity (Wildman–Crippen MR) is 328 cm³/mol. The molecule has 14 aromatic rings. The van der Waals surface area contributed by atoms with Crippen molar-refractivity contribution in [2.24, 2.45) is 0 Å². The lowest BCUT2D eigenvalue weighted by atomic mass is 9.67. The minimum atomic E-state index is -0.665. The first kappa shape index (κ1) is 45.4. The number of hydrogen-bond donors (Lipinski definition) is 1. The van der Waals surface area contributed by atoms with Crippen LogP contribution in [0.25, 0.3) is 93.8 Å². The topological polar surface area (TPSA) is 24.0 Å². The Bertz CT molecular complexity index is 4470. The molecule has 0 saturated carbocycles. The average molecular weight is 996 g/mol. The molecule has 0 spiro atoms. The van der Waals surface area contributed by atoms with Crippen molar-refractivity contribution in [1.82, 2.24) is 9.55 Å². The average Bonchev–Trinajstić information content (AvgIpc) is 4.29. The molecule has 1 aliphatic carbocycles. The van der Waals surface area contributed by atoms with Crippen molar-refractivity contribution in [3.05, 3.63) is 312 Å². The Kier molecular flexibility index (Phi) is 10.6. The summed E-state index contributed by atoms with van der Waals surface area (Å²) in [5.41, 5.74) is 25.5. The van der Waals surface area contributed by atoms with Gasteiger partial charge in [-0.15, -0.1) is 0 Å². The van der Waals surface area contributed by atoms with Crippen molar-refractivity contribution >= 4 is 60.7 Å². The zero-order valence-electron chi connectivity index (χ0n) is 43.5. The summed E-state index contributed by atoms with van der Waals surface area (Å²) in [6.07, 6.45) is 0. The molecular formula is C75H53N3. The van der Waals surface area contributed by atoms with Crippen molar-refractivity contribution in [3.63, 3.8) is 0 Å². The van der Waals surface area contributed by atoms with E-state index in [9.17, 15) is 0 Å². The highest BCUT2D eigenvalue weighted by Crippen LogP contribution is 2.58. The summed E-state index contributed by atoms with van der Waals surface area (Å²) >= 11 is 0. The number of anilines is 3. The van der Waals surface area contributed by atoms with Gasteiger partial charge >= 0.3 is 0 Å². The summed E-state index contributed by atoms with van der Waals surface area (Å²) in [5.74, 6) is 0. The molecule has 12 aromatic carbocycles. The van der Waals surface area contributed by atoms with E-state index in [1.165, 1.54) is 116 Å². The Morgan fingerprint density at radius 3 is 1.32 bits per heavy atom. The number of nitrogens with zero attached hydrogens (tertiary/aromatic N) is 2. The molecule has 1 aliphatic rings. The Labute approximate surface area is 454 Å². The van der Waals surface area contributed by atoms with Gasteiger partial charge < -0.3 is 14.5 Å². The van der Waals surface area contributed by atoms with Crippen molar-refractivity contribution in [1.29, 1.82) is 0 Å². The van der Waals surface area contributed by atoms with Crippen LogP contribution in [0, 0.1) is 13.8 Å². The molecule has 3 heteroatoms. The standard InChI is InChI=1S/C75H53N3/c1-49-23-39-71-65(43-49)66-45-55(29-40-72(66)76-71)56-30-42-74-68(46-56)67-44-50(2)24-41-73(67)78(74)62-36-38-64-63-37-35-61(47-69(63)75(70(64)48-62,57-19-11-5-12-20-57)58-21-13-6-14-22-58)77(59-31-25-53(26-32-59)51-15-7-3-8-16-51)60-33-27-54(28-34-60)52-17-9-4-10-18-52/h3-48,76H,1-2H3. The second kappa shape index (κ2) is 18.1. The number of rotatable bonds is 9. The molecule has 1 N–H and O–H groups in total. The SMILES string of the molecule is Cc1ccc2[nH]c3ccc(-c4ccc5c(c4)c4cc(C)ccc4n5-c4ccc5c(c4)C(c4ccccc4)(c4ccccc4)c4cc(N(c6ccc(-c7ccccc7)cc6)c6ccc(-c7ccccc7)cc6)ccc4-5)cc3c2c1. The maximum Gasteiger partial charge on any atom is 0.0715 e. The highest BCUT2D eigenvalue weighted by Gasteiger charge is 2.47. The van der Waals surface area contributed by atoms with E-state index in [0.717, 1.165) is 28.3 Å². The molecule has 3 nitrogen and oxygen atoms in total. The van der Waals surface area contributed by atoms with Crippen molar-refractivity contribution in [2.75, 3.05) is 4.90 Å². The first-order chi connectivity index (χ1) is 38.5. The van der Waals surface area contributed by atoms with Crippen molar-refractivity contribution in [2.45, 2.75) is 19.3 Å². The fourth-order valence-electron chi connectivity index (χ4n) is 12.8. The summed E-state index contributed by atoms with van der Waals surface area (Å²) in [7, 11) is 0. The minimum Gasteiger partial charge on any atom is -0.355 e. The van der Waals surface area contributed by atoms with Gasteiger partial charge in [0.2, 0.25) is 0 Å². The van der Waals surface area contributed by atoms with E-state index in [1.807, 2.05) is 0 Å². The number of aromatic nitrogens is 2. The normalized spacial score (nSPS) is 12.6. The van der Waals surface area contributed by atoms with Crippen LogP contribution >= 0.6 is 0 Å². The molecule has 0 aliphatic heterocycles. The minimum absolute atomic E-state index is 0.665. The van der Waals surface area contributed by atoms with E-state index in [4.69, 9.17) is 0 Å². The number of aromatic amines is 1. The van der Waals surface area contributed by atoms with E-state index >= 15 is 0 Å². The van der Waals surface area contributed by atoms with Crippen LogP contribution in [-0.4, -0.2) is 9.55 Å². The summed E-state index contributed by atoms with van der Waals surface area (Å²) < 4.78 is 2.49. The van der Waals surface area contributed by atoms with Crippen LogP contribution in [-0.2, 0) is 5.41 Å². The molecule has 2 heterocycles. The van der Waals surface area contributed by atoms with Gasteiger partial charge in [-0.05, 0) is 178 Å². The summed E-state index contributed by atoms with van der Waals surface area (Å²) in [6.45, 7) is 4.37. The fraction of sp³-hybridized carbons (Fsp3) is 0.0400. The number of fused-ring (bicyclic) bond motifs is 9. The van der Waals surface area contributed by atoms with Crippen LogP contribution in [0.15, 0.2) is 279 Å². The van der Waals surface area contributed by atoms with Crippen LogP contribution in [0.3, 0.4) is 0 Å². The fourth-order valence-corrected chi connectivity index (χ4v) is 12.8. The van der Waals surface area contributed by atoms with Crippen LogP contribution in [0.2, 0.25) is 0 Å². The summed E-state index contributed by atoms with van der Waals surface area (Å²) in [6, 6.07) is 104. The van der Waals surface area contributed by atoms with Gasteiger partial charge in [-0.2, -0.15) is 0 Å². The van der Waals surface area contributed by atoms with Gasteiger partial charge in [-0.1, -0.05) is 193 Å². The van der Waals surface area contributed by atoms with E-state index < -0.39 is 5.41 Å². The molecule has 0 radical (unpaired) electrons. The second-order valence-corrected chi connectivity index (χ2v) is 21.1. The lowest BCUT2D eigenvalue weighted by Gasteiger charge is -2.35. The lowest BCUT2D eigenvalue weighted by Crippen LogP contribution is -2.29. The molecular weight excluding hydrogens is 943 g/mol. The second-order valence-electron chi connectivity index (χ2n) is 21.1. The quantitative estimate of drug-likeness (QED) is 0.153. The van der Waals surface area contributed by atoms with Crippen molar-refractivity contribution < 1.29 is 0 Å². The van der Waals surface area contributed by atoms with Crippen LogP contribution in [0.5, 0.6) is 0 Å². The molecule has 0 bridgehead atoms. The van der Waals surface area contributed by atoms with Gasteiger partial charge in [0, 0.05) is 55.3 Å². The zero-order valence-corrected chi connectivity index (χ0v) is 43.5. The number of H-pyrrole nitrogens is 1. The van der Waals surface area contributed by atoms with Gasteiger partial charge in [0.1, 0.15) is 0 Å². The molecule has 0 unspecified atom stereocenters. The maximum absolute atomic E-state index is 3.64. The third kappa shape index (κ3) is 7.27. The molecule has 0 atom stereocenters. The van der Waals surface area contributed by atoms with Gasteiger partial charge in [0.05, 0.1) is 16.4 Å². The molecule has 15 rings (SSSR count). The third-order valence-corrected chi connectivity index (χ3v) is 16.5. The molecule has 0 saturated heterocycles. The maximum atomic E-state index is 3.64. The van der Waals surface area contributed by atoms with E-state index in [0.29, 0.717) is 0 Å².